The van der Waals surface area contributed by atoms with Crippen molar-refractivity contribution in [1.82, 2.24) is 0 Å². The van der Waals surface area contributed by atoms with Gasteiger partial charge in [-0.25, -0.2) is 0 Å². The molecule has 0 aliphatic heterocycles. The van der Waals surface area contributed by atoms with Crippen LogP contribution in [0.2, 0.25) is 0 Å². The first-order valence-corrected chi connectivity index (χ1v) is 15.1. The van der Waals surface area contributed by atoms with E-state index in [1.807, 2.05) is 11.3 Å². The summed E-state index contributed by atoms with van der Waals surface area (Å²) >= 11 is 3.65. The molecule has 0 spiro atoms. The van der Waals surface area contributed by atoms with E-state index < -0.39 is 0 Å². The van der Waals surface area contributed by atoms with Gasteiger partial charge >= 0.3 is 0 Å². The van der Waals surface area contributed by atoms with E-state index in [-0.39, 0.29) is 0 Å². The van der Waals surface area contributed by atoms with Crippen LogP contribution >= 0.6 is 22.7 Å². The minimum absolute atomic E-state index is 1.23. The molecule has 5 aromatic carbocycles. The van der Waals surface area contributed by atoms with Gasteiger partial charge in [-0.2, -0.15) is 0 Å². The Morgan fingerprint density at radius 2 is 0.625 bits per heavy atom. The lowest BCUT2D eigenvalue weighted by molar-refractivity contribution is 1.57. The van der Waals surface area contributed by atoms with E-state index in [4.69, 9.17) is 0 Å². The van der Waals surface area contributed by atoms with E-state index in [1.54, 1.807) is 11.3 Å². The molecule has 0 aliphatic rings. The molecule has 2 heteroatoms. The second kappa shape index (κ2) is 10.9. The fourth-order valence-electron chi connectivity index (χ4n) is 5.07. The predicted molar refractivity (Wildman–Crippen MR) is 175 cm³/mol. The van der Waals surface area contributed by atoms with Gasteiger partial charge in [0.15, 0.2) is 0 Å². The first-order valence-electron chi connectivity index (χ1n) is 13.4. The molecule has 0 radical (unpaired) electrons. The molecule has 0 aliphatic carbocycles. The molecule has 40 heavy (non-hydrogen) atoms. The lowest BCUT2D eigenvalue weighted by Crippen LogP contribution is -1.83. The maximum Gasteiger partial charge on any atom is 0.0449 e. The van der Waals surface area contributed by atoms with E-state index in [1.165, 1.54) is 64.7 Å². The van der Waals surface area contributed by atoms with Crippen molar-refractivity contribution in [2.45, 2.75) is 0 Å². The maximum atomic E-state index is 2.23. The molecule has 2 aromatic heterocycles. The van der Waals surface area contributed by atoms with Gasteiger partial charge in [-0.15, -0.1) is 22.7 Å². The lowest BCUT2D eigenvalue weighted by Gasteiger charge is -2.08. The van der Waals surface area contributed by atoms with Crippen LogP contribution in [-0.2, 0) is 0 Å². The summed E-state index contributed by atoms with van der Waals surface area (Å²) in [5.74, 6) is 0. The van der Waals surface area contributed by atoms with E-state index in [0.717, 1.165) is 0 Å². The van der Waals surface area contributed by atoms with Crippen LogP contribution in [0, 0.1) is 0 Å². The third-order valence-electron chi connectivity index (χ3n) is 7.30. The summed E-state index contributed by atoms with van der Waals surface area (Å²) in [7, 11) is 0. The molecule has 0 amide bonds. The topological polar surface area (TPSA) is 0 Å². The second-order valence-corrected chi connectivity index (χ2v) is 11.8. The molecule has 2 heterocycles. The Labute approximate surface area is 243 Å². The number of rotatable bonds is 6. The predicted octanol–water partition coefficient (Wildman–Crippen LogP) is 11.8. The fourth-order valence-corrected chi connectivity index (χ4v) is 6.91. The summed E-state index contributed by atoms with van der Waals surface area (Å²) in [4.78, 5) is 3.97. The van der Waals surface area contributed by atoms with Gasteiger partial charge in [0.1, 0.15) is 0 Å². The number of thiophene rings is 2. The summed E-state index contributed by atoms with van der Waals surface area (Å²) in [5.41, 5.74) is 11.1. The molecule has 0 bridgehead atoms. The van der Waals surface area contributed by atoms with Gasteiger partial charge in [0.2, 0.25) is 0 Å². The number of hydrogen-bond acceptors (Lipinski definition) is 2. The second-order valence-electron chi connectivity index (χ2n) is 9.82. The molecular weight excluding hydrogens is 521 g/mol. The van der Waals surface area contributed by atoms with Crippen molar-refractivity contribution in [3.63, 3.8) is 0 Å². The van der Waals surface area contributed by atoms with Crippen molar-refractivity contribution in [2.75, 3.05) is 0 Å². The van der Waals surface area contributed by atoms with Gasteiger partial charge in [0, 0.05) is 14.6 Å². The zero-order chi connectivity index (χ0) is 26.7. The highest BCUT2D eigenvalue weighted by atomic mass is 32.1. The fraction of sp³-hybridized carbons (Fsp3) is 0. The van der Waals surface area contributed by atoms with Gasteiger partial charge in [-0.05, 0) is 73.7 Å². The van der Waals surface area contributed by atoms with Crippen LogP contribution in [0.3, 0.4) is 0 Å². The van der Waals surface area contributed by atoms with Crippen LogP contribution in [0.1, 0.15) is 0 Å². The molecule has 7 aromatic rings. The molecule has 0 N–H and O–H groups in total. The van der Waals surface area contributed by atoms with Gasteiger partial charge in [-0.3, -0.25) is 0 Å². The van der Waals surface area contributed by atoms with Crippen molar-refractivity contribution < 1.29 is 0 Å². The molecular formula is C38H26S2. The van der Waals surface area contributed by atoms with E-state index in [2.05, 4.69) is 157 Å². The standard InChI is InChI=1S/C38H26S2/c1-2-5-27(6-3-1)28-8-10-29(11-9-28)30-12-14-31(15-13-30)32-16-18-33(19-17-32)34-20-22-35(23-21-34)36-24-25-38(40-36)37-7-4-26-39-37/h1-26H. The van der Waals surface area contributed by atoms with Gasteiger partial charge in [0.25, 0.3) is 0 Å². The largest absolute Gasteiger partial charge is 0.143 e. The van der Waals surface area contributed by atoms with Crippen molar-refractivity contribution in [1.29, 1.82) is 0 Å². The minimum atomic E-state index is 1.23. The first-order chi connectivity index (χ1) is 19.8. The first kappa shape index (κ1) is 24.5. The maximum absolute atomic E-state index is 2.23. The van der Waals surface area contributed by atoms with Crippen LogP contribution in [0.25, 0.3) is 64.7 Å². The Kier molecular flexibility index (Phi) is 6.71. The van der Waals surface area contributed by atoms with E-state index in [9.17, 15) is 0 Å². The molecule has 190 valence electrons. The SMILES string of the molecule is c1ccc(-c2ccc(-c3ccc(-c4ccc(-c5ccc(-c6ccc(-c7cccs7)s6)cc5)cc4)cc3)cc2)cc1. The molecule has 0 unspecified atom stereocenters. The Bertz CT molecular complexity index is 1820. The van der Waals surface area contributed by atoms with Crippen LogP contribution in [0.15, 0.2) is 157 Å². The Hall–Kier alpha value is -4.50. The van der Waals surface area contributed by atoms with Crippen LogP contribution < -0.4 is 0 Å². The average molecular weight is 547 g/mol. The van der Waals surface area contributed by atoms with Crippen molar-refractivity contribution >= 4 is 22.7 Å². The summed E-state index contributed by atoms with van der Waals surface area (Å²) in [6.07, 6.45) is 0. The number of benzene rings is 5. The average Bonchev–Trinajstić information content (AvgIpc) is 3.75. The third-order valence-corrected chi connectivity index (χ3v) is 9.50. The normalized spacial score (nSPS) is 11.0. The smallest absolute Gasteiger partial charge is 0.0449 e. The van der Waals surface area contributed by atoms with E-state index >= 15 is 0 Å². The molecule has 0 nitrogen and oxygen atoms in total. The highest BCUT2D eigenvalue weighted by Gasteiger charge is 2.07. The molecule has 0 saturated carbocycles. The molecule has 0 fully saturated rings. The van der Waals surface area contributed by atoms with Crippen LogP contribution in [0.4, 0.5) is 0 Å². The van der Waals surface area contributed by atoms with Crippen LogP contribution in [-0.4, -0.2) is 0 Å². The molecule has 0 atom stereocenters. The summed E-state index contributed by atoms with van der Waals surface area (Å²) in [6, 6.07) is 54.8. The van der Waals surface area contributed by atoms with Gasteiger partial charge < -0.3 is 0 Å². The third kappa shape index (κ3) is 5.08. The summed E-state index contributed by atoms with van der Waals surface area (Å²) in [6.45, 7) is 0. The quantitative estimate of drug-likeness (QED) is 0.195. The Morgan fingerprint density at radius 1 is 0.250 bits per heavy atom. The summed E-state index contributed by atoms with van der Waals surface area (Å²) < 4.78 is 0. The number of hydrogen-bond donors (Lipinski definition) is 0. The minimum Gasteiger partial charge on any atom is -0.143 e. The molecule has 7 rings (SSSR count). The van der Waals surface area contributed by atoms with Gasteiger partial charge in [0.05, 0.1) is 0 Å². The Balaban J connectivity index is 1.04. The lowest BCUT2D eigenvalue weighted by atomic mass is 9.97. The van der Waals surface area contributed by atoms with E-state index in [0.29, 0.717) is 0 Å². The van der Waals surface area contributed by atoms with Crippen LogP contribution in [0.5, 0.6) is 0 Å². The summed E-state index contributed by atoms with van der Waals surface area (Å²) in [5, 5.41) is 2.13. The van der Waals surface area contributed by atoms with Gasteiger partial charge in [-0.1, -0.05) is 133 Å². The van der Waals surface area contributed by atoms with Crippen molar-refractivity contribution in [3.8, 4) is 64.7 Å². The monoisotopic (exact) mass is 546 g/mol. The molecule has 0 saturated heterocycles. The Morgan fingerprint density at radius 3 is 1.02 bits per heavy atom. The van der Waals surface area contributed by atoms with Crippen molar-refractivity contribution in [2.24, 2.45) is 0 Å². The highest BCUT2D eigenvalue weighted by Crippen LogP contribution is 2.37. The zero-order valence-corrected chi connectivity index (χ0v) is 23.5. The van der Waals surface area contributed by atoms with Crippen molar-refractivity contribution in [3.05, 3.63) is 157 Å². The zero-order valence-electron chi connectivity index (χ0n) is 21.8. The highest BCUT2D eigenvalue weighted by molar-refractivity contribution is 7.23.